The number of halogens is 4. The molecule has 0 radical (unpaired) electrons. The van der Waals surface area contributed by atoms with E-state index in [2.05, 4.69) is 15.1 Å². The maximum Gasteiger partial charge on any atom is 0.416 e. The van der Waals surface area contributed by atoms with Gasteiger partial charge in [0.15, 0.2) is 5.16 Å². The van der Waals surface area contributed by atoms with Gasteiger partial charge >= 0.3 is 6.18 Å². The van der Waals surface area contributed by atoms with Crippen LogP contribution in [0.25, 0.3) is 22.3 Å². The molecule has 0 N–H and O–H groups in total. The van der Waals surface area contributed by atoms with Gasteiger partial charge in [-0.2, -0.15) is 18.2 Å². The second kappa shape index (κ2) is 9.54. The average molecular weight is 497 g/mol. The fourth-order valence-electron chi connectivity index (χ4n) is 3.03. The fraction of sp³-hybridized carbons (Fsp3) is 0.238. The predicted molar refractivity (Wildman–Crippen MR) is 117 cm³/mol. The van der Waals surface area contributed by atoms with Crippen molar-refractivity contribution in [3.05, 3.63) is 69.3 Å². The molecular formula is C21H16ClF3N4O3S. The van der Waals surface area contributed by atoms with Crippen LogP contribution in [-0.4, -0.2) is 33.4 Å². The van der Waals surface area contributed by atoms with Gasteiger partial charge < -0.3 is 9.26 Å². The van der Waals surface area contributed by atoms with Crippen molar-refractivity contribution < 1.29 is 22.4 Å². The summed E-state index contributed by atoms with van der Waals surface area (Å²) in [6, 6.07) is 9.33. The Hall–Kier alpha value is -2.89. The van der Waals surface area contributed by atoms with E-state index >= 15 is 0 Å². The van der Waals surface area contributed by atoms with E-state index in [1.807, 2.05) is 0 Å². The molecule has 0 aliphatic rings. The number of nitrogens with zero attached hydrogens (tertiary/aromatic N) is 4. The molecule has 0 saturated heterocycles. The van der Waals surface area contributed by atoms with Gasteiger partial charge in [0.05, 0.1) is 35.4 Å². The summed E-state index contributed by atoms with van der Waals surface area (Å²) >= 11 is 7.25. The highest BCUT2D eigenvalue weighted by atomic mass is 35.5. The SMILES string of the molecule is COCCn1c(SCc2nc(-c3ccc(C(F)(F)F)cc3)no2)nc2cc(Cl)ccc2c1=O. The molecule has 2 aromatic carbocycles. The van der Waals surface area contributed by atoms with Gasteiger partial charge in [0.25, 0.3) is 5.56 Å². The highest BCUT2D eigenvalue weighted by Crippen LogP contribution is 2.31. The molecule has 7 nitrogen and oxygen atoms in total. The summed E-state index contributed by atoms with van der Waals surface area (Å²) in [7, 11) is 1.54. The number of methoxy groups -OCH3 is 1. The second-order valence-electron chi connectivity index (χ2n) is 6.88. The Morgan fingerprint density at radius 3 is 2.61 bits per heavy atom. The molecule has 2 aromatic heterocycles. The molecule has 0 aliphatic heterocycles. The monoisotopic (exact) mass is 496 g/mol. The Kier molecular flexibility index (Phi) is 6.73. The van der Waals surface area contributed by atoms with Crippen molar-refractivity contribution in [3.63, 3.8) is 0 Å². The molecular weight excluding hydrogens is 481 g/mol. The van der Waals surface area contributed by atoms with Gasteiger partial charge in [-0.3, -0.25) is 9.36 Å². The molecule has 0 fully saturated rings. The van der Waals surface area contributed by atoms with Crippen molar-refractivity contribution >= 4 is 34.3 Å². The number of fused-ring (bicyclic) bond motifs is 1. The van der Waals surface area contributed by atoms with Gasteiger partial charge in [0.1, 0.15) is 0 Å². The van der Waals surface area contributed by atoms with Gasteiger partial charge in [-0.25, -0.2) is 4.98 Å². The summed E-state index contributed by atoms with van der Waals surface area (Å²) in [6.45, 7) is 0.608. The quantitative estimate of drug-likeness (QED) is 0.261. The molecule has 0 aliphatic carbocycles. The molecule has 2 heterocycles. The lowest BCUT2D eigenvalue weighted by Crippen LogP contribution is -2.25. The first-order valence-electron chi connectivity index (χ1n) is 9.58. The van der Waals surface area contributed by atoms with Crippen LogP contribution in [0.4, 0.5) is 13.2 Å². The summed E-state index contributed by atoms with van der Waals surface area (Å²) < 4.78 is 50.1. The minimum Gasteiger partial charge on any atom is -0.383 e. The first kappa shape index (κ1) is 23.3. The van der Waals surface area contributed by atoms with E-state index < -0.39 is 11.7 Å². The third-order valence-electron chi connectivity index (χ3n) is 4.66. The van der Waals surface area contributed by atoms with Gasteiger partial charge in [0, 0.05) is 17.7 Å². The molecule has 0 bridgehead atoms. The Morgan fingerprint density at radius 2 is 1.91 bits per heavy atom. The van der Waals surface area contributed by atoms with Crippen molar-refractivity contribution in [1.29, 1.82) is 0 Å². The Morgan fingerprint density at radius 1 is 1.15 bits per heavy atom. The van der Waals surface area contributed by atoms with Crippen molar-refractivity contribution in [2.75, 3.05) is 13.7 Å². The lowest BCUT2D eigenvalue weighted by molar-refractivity contribution is -0.137. The Balaban J connectivity index is 1.57. The first-order valence-corrected chi connectivity index (χ1v) is 10.9. The van der Waals surface area contributed by atoms with Crippen LogP contribution in [0.3, 0.4) is 0 Å². The van der Waals surface area contributed by atoms with Crippen LogP contribution in [-0.2, 0) is 23.2 Å². The molecule has 172 valence electrons. The van der Waals surface area contributed by atoms with Crippen LogP contribution < -0.4 is 5.56 Å². The van der Waals surface area contributed by atoms with Gasteiger partial charge in [-0.15, -0.1) is 0 Å². The highest BCUT2D eigenvalue weighted by molar-refractivity contribution is 7.98. The molecule has 4 rings (SSSR count). The van der Waals surface area contributed by atoms with E-state index in [9.17, 15) is 18.0 Å². The van der Waals surface area contributed by atoms with E-state index in [1.165, 1.54) is 35.6 Å². The zero-order chi connectivity index (χ0) is 23.6. The summed E-state index contributed by atoms with van der Waals surface area (Å²) in [4.78, 5) is 21.7. The minimum absolute atomic E-state index is 0.161. The summed E-state index contributed by atoms with van der Waals surface area (Å²) in [6.07, 6.45) is -4.42. The molecule has 12 heteroatoms. The smallest absolute Gasteiger partial charge is 0.383 e. The van der Waals surface area contributed by atoms with Crippen molar-refractivity contribution in [2.45, 2.75) is 23.6 Å². The van der Waals surface area contributed by atoms with E-state index in [1.54, 1.807) is 18.2 Å². The van der Waals surface area contributed by atoms with Crippen molar-refractivity contribution in [2.24, 2.45) is 0 Å². The highest BCUT2D eigenvalue weighted by Gasteiger charge is 2.30. The van der Waals surface area contributed by atoms with E-state index in [0.29, 0.717) is 39.8 Å². The number of alkyl halides is 3. The molecule has 0 atom stereocenters. The van der Waals surface area contributed by atoms with Crippen LogP contribution in [0.1, 0.15) is 11.5 Å². The van der Waals surface area contributed by atoms with Gasteiger partial charge in [-0.05, 0) is 30.3 Å². The number of hydrogen-bond donors (Lipinski definition) is 0. The van der Waals surface area contributed by atoms with Crippen LogP contribution in [0, 0.1) is 0 Å². The average Bonchev–Trinajstić information content (AvgIpc) is 3.25. The number of rotatable bonds is 7. The largest absolute Gasteiger partial charge is 0.416 e. The van der Waals surface area contributed by atoms with Crippen LogP contribution >= 0.6 is 23.4 Å². The van der Waals surface area contributed by atoms with Gasteiger partial charge in [-0.1, -0.05) is 40.7 Å². The maximum atomic E-state index is 12.9. The lowest BCUT2D eigenvalue weighted by Gasteiger charge is -2.12. The number of benzene rings is 2. The van der Waals surface area contributed by atoms with Crippen LogP contribution in [0.5, 0.6) is 0 Å². The number of thioether (sulfide) groups is 1. The third kappa shape index (κ3) is 5.21. The fourth-order valence-corrected chi connectivity index (χ4v) is 4.06. The molecule has 0 spiro atoms. The zero-order valence-electron chi connectivity index (χ0n) is 17.1. The first-order chi connectivity index (χ1) is 15.8. The Bertz CT molecular complexity index is 1340. The molecule has 0 saturated carbocycles. The van der Waals surface area contributed by atoms with E-state index in [-0.39, 0.29) is 23.0 Å². The van der Waals surface area contributed by atoms with Crippen LogP contribution in [0.2, 0.25) is 5.02 Å². The molecule has 4 aromatic rings. The molecule has 33 heavy (non-hydrogen) atoms. The third-order valence-corrected chi connectivity index (χ3v) is 5.86. The summed E-state index contributed by atoms with van der Waals surface area (Å²) in [5.41, 5.74) is -0.146. The zero-order valence-corrected chi connectivity index (χ0v) is 18.7. The number of hydrogen-bond acceptors (Lipinski definition) is 7. The van der Waals surface area contributed by atoms with Gasteiger partial charge in [0.2, 0.25) is 11.7 Å². The van der Waals surface area contributed by atoms with Crippen LogP contribution in [0.15, 0.2) is 56.9 Å². The second-order valence-corrected chi connectivity index (χ2v) is 8.26. The molecule has 0 unspecified atom stereocenters. The standard InChI is InChI=1S/C21H16ClF3N4O3S/c1-31-9-8-29-19(30)15-7-6-14(22)10-16(15)26-20(29)33-11-17-27-18(28-32-17)12-2-4-13(5-3-12)21(23,24)25/h2-7,10H,8-9,11H2,1H3. The summed E-state index contributed by atoms with van der Waals surface area (Å²) in [5.74, 6) is 0.585. The van der Waals surface area contributed by atoms with E-state index in [4.69, 9.17) is 20.9 Å². The minimum atomic E-state index is -4.42. The van der Waals surface area contributed by atoms with Crippen molar-refractivity contribution in [3.8, 4) is 11.4 Å². The lowest BCUT2D eigenvalue weighted by atomic mass is 10.1. The predicted octanol–water partition coefficient (Wildman–Crippen LogP) is 5.06. The number of aromatic nitrogens is 4. The normalized spacial score (nSPS) is 11.9. The Labute approximate surface area is 194 Å². The van der Waals surface area contributed by atoms with Crippen molar-refractivity contribution in [1.82, 2.24) is 19.7 Å². The number of ether oxygens (including phenoxy) is 1. The van der Waals surface area contributed by atoms with E-state index in [0.717, 1.165) is 12.1 Å². The maximum absolute atomic E-state index is 12.9. The molecule has 0 amide bonds. The topological polar surface area (TPSA) is 83.0 Å². The summed E-state index contributed by atoms with van der Waals surface area (Å²) in [5, 5.41) is 5.14.